The Morgan fingerprint density at radius 1 is 1.42 bits per heavy atom. The molecular weight excluding hydrogens is 164 g/mol. The number of piperidine rings is 1. The zero-order chi connectivity index (χ0) is 9.35. The molecule has 0 unspecified atom stereocenters. The van der Waals surface area contributed by atoms with Gasteiger partial charge in [0, 0.05) is 13.1 Å². The van der Waals surface area contributed by atoms with E-state index in [0.29, 0.717) is 6.54 Å². The Kier molecular flexibility index (Phi) is 2.68. The number of hydrogen-bond donors (Lipinski definition) is 2. The Morgan fingerprint density at radius 2 is 2.00 bits per heavy atom. The number of aliphatic hydroxyl groups excluding tert-OH is 1. The molecule has 0 aromatic heterocycles. The molecule has 0 spiro atoms. The second-order valence-corrected chi connectivity index (χ2v) is 3.69. The van der Waals surface area contributed by atoms with Gasteiger partial charge in [-0.1, -0.05) is 6.92 Å². The number of aliphatic hydroxyl groups is 1. The van der Waals surface area contributed by atoms with Crippen molar-refractivity contribution in [3.63, 3.8) is 0 Å². The molecule has 0 amide bonds. The van der Waals surface area contributed by atoms with Gasteiger partial charge in [0.2, 0.25) is 0 Å². The number of halogens is 2. The normalized spacial score (nSPS) is 38.2. The van der Waals surface area contributed by atoms with Gasteiger partial charge in [0.25, 0.3) is 5.92 Å². The Hall–Kier alpha value is -0.220. The molecule has 1 aliphatic heterocycles. The quantitative estimate of drug-likeness (QED) is 0.625. The Bertz CT molecular complexity index is 158. The van der Waals surface area contributed by atoms with Crippen LogP contribution >= 0.6 is 0 Å². The molecule has 0 radical (unpaired) electrons. The van der Waals surface area contributed by atoms with Crippen LogP contribution in [-0.4, -0.2) is 30.2 Å². The summed E-state index contributed by atoms with van der Waals surface area (Å²) in [5.41, 5.74) is 0. The van der Waals surface area contributed by atoms with Crippen LogP contribution in [0.5, 0.6) is 0 Å². The average Bonchev–Trinajstić information content (AvgIpc) is 1.92. The van der Waals surface area contributed by atoms with Crippen LogP contribution in [0.3, 0.4) is 0 Å². The van der Waals surface area contributed by atoms with Gasteiger partial charge < -0.3 is 10.4 Å². The monoisotopic (exact) mass is 179 g/mol. The number of hydrogen-bond acceptors (Lipinski definition) is 2. The van der Waals surface area contributed by atoms with E-state index in [4.69, 9.17) is 0 Å². The Morgan fingerprint density at radius 3 is 2.42 bits per heavy atom. The Labute approximate surface area is 71.0 Å². The summed E-state index contributed by atoms with van der Waals surface area (Å²) in [5, 5.41) is 12.3. The molecule has 0 aliphatic carbocycles. The lowest BCUT2D eigenvalue weighted by atomic mass is 9.85. The summed E-state index contributed by atoms with van der Waals surface area (Å²) in [4.78, 5) is 0. The third kappa shape index (κ3) is 1.93. The SMILES string of the molecule is C[C@@H]1CNC[C@H](C(C)(F)F)[C@H]1O. The summed E-state index contributed by atoms with van der Waals surface area (Å²) >= 11 is 0. The largest absolute Gasteiger partial charge is 0.392 e. The van der Waals surface area contributed by atoms with Gasteiger partial charge in [0.1, 0.15) is 0 Å². The topological polar surface area (TPSA) is 32.3 Å². The van der Waals surface area contributed by atoms with E-state index < -0.39 is 17.9 Å². The second-order valence-electron chi connectivity index (χ2n) is 3.69. The van der Waals surface area contributed by atoms with Crippen molar-refractivity contribution in [2.24, 2.45) is 11.8 Å². The van der Waals surface area contributed by atoms with E-state index >= 15 is 0 Å². The summed E-state index contributed by atoms with van der Waals surface area (Å²) < 4.78 is 25.7. The van der Waals surface area contributed by atoms with Gasteiger partial charge in [0.05, 0.1) is 12.0 Å². The van der Waals surface area contributed by atoms with Crippen molar-refractivity contribution in [1.29, 1.82) is 0 Å². The molecule has 0 bridgehead atoms. The van der Waals surface area contributed by atoms with Crippen LogP contribution in [0, 0.1) is 11.8 Å². The highest BCUT2D eigenvalue weighted by atomic mass is 19.3. The van der Waals surface area contributed by atoms with Gasteiger partial charge in [-0.2, -0.15) is 0 Å². The van der Waals surface area contributed by atoms with E-state index in [9.17, 15) is 13.9 Å². The minimum Gasteiger partial charge on any atom is -0.392 e. The number of alkyl halides is 2. The van der Waals surface area contributed by atoms with Crippen molar-refractivity contribution in [3.05, 3.63) is 0 Å². The molecule has 1 saturated heterocycles. The van der Waals surface area contributed by atoms with Crippen LogP contribution in [-0.2, 0) is 0 Å². The highest BCUT2D eigenvalue weighted by Gasteiger charge is 2.43. The second kappa shape index (κ2) is 3.26. The van der Waals surface area contributed by atoms with Crippen molar-refractivity contribution in [2.45, 2.75) is 25.9 Å². The van der Waals surface area contributed by atoms with E-state index in [1.54, 1.807) is 6.92 Å². The van der Waals surface area contributed by atoms with Crippen LogP contribution in [0.15, 0.2) is 0 Å². The first kappa shape index (κ1) is 9.86. The standard InChI is InChI=1S/C8H15F2NO/c1-5-3-11-4-6(7(5)12)8(2,9)10/h5-7,11-12H,3-4H2,1-2H3/t5-,6+,7+/m1/s1. The first-order valence-electron chi connectivity index (χ1n) is 4.19. The van der Waals surface area contributed by atoms with Crippen LogP contribution in [0.2, 0.25) is 0 Å². The molecule has 1 fully saturated rings. The van der Waals surface area contributed by atoms with Crippen molar-refractivity contribution in [2.75, 3.05) is 13.1 Å². The summed E-state index contributed by atoms with van der Waals surface area (Å²) in [6, 6.07) is 0. The molecule has 4 heteroatoms. The zero-order valence-electron chi connectivity index (χ0n) is 7.35. The van der Waals surface area contributed by atoms with Crippen LogP contribution in [0.1, 0.15) is 13.8 Å². The molecule has 0 aromatic carbocycles. The lowest BCUT2D eigenvalue weighted by molar-refractivity contribution is -0.112. The molecule has 72 valence electrons. The molecule has 0 saturated carbocycles. The summed E-state index contributed by atoms with van der Waals surface area (Å²) in [6.45, 7) is 3.46. The Balaban J connectivity index is 2.64. The average molecular weight is 179 g/mol. The highest BCUT2D eigenvalue weighted by molar-refractivity contribution is 4.88. The third-order valence-electron chi connectivity index (χ3n) is 2.48. The van der Waals surface area contributed by atoms with E-state index in [0.717, 1.165) is 6.92 Å². The van der Waals surface area contributed by atoms with Crippen LogP contribution < -0.4 is 5.32 Å². The molecule has 2 nitrogen and oxygen atoms in total. The van der Waals surface area contributed by atoms with Crippen molar-refractivity contribution in [1.82, 2.24) is 5.32 Å². The predicted octanol–water partition coefficient (Wildman–Crippen LogP) is 0.858. The highest BCUT2D eigenvalue weighted by Crippen LogP contribution is 2.31. The fraction of sp³-hybridized carbons (Fsp3) is 1.00. The molecule has 2 N–H and O–H groups in total. The fourth-order valence-corrected chi connectivity index (χ4v) is 1.58. The van der Waals surface area contributed by atoms with Crippen LogP contribution in [0.25, 0.3) is 0 Å². The van der Waals surface area contributed by atoms with Gasteiger partial charge in [-0.25, -0.2) is 8.78 Å². The van der Waals surface area contributed by atoms with Gasteiger partial charge in [0.15, 0.2) is 0 Å². The maximum atomic E-state index is 12.8. The predicted molar refractivity (Wildman–Crippen MR) is 42.2 cm³/mol. The maximum absolute atomic E-state index is 12.8. The minimum absolute atomic E-state index is 0.0884. The molecule has 12 heavy (non-hydrogen) atoms. The van der Waals surface area contributed by atoms with E-state index in [1.165, 1.54) is 0 Å². The summed E-state index contributed by atoms with van der Waals surface area (Å²) in [7, 11) is 0. The van der Waals surface area contributed by atoms with E-state index in [2.05, 4.69) is 5.32 Å². The van der Waals surface area contributed by atoms with Gasteiger partial charge >= 0.3 is 0 Å². The van der Waals surface area contributed by atoms with Gasteiger partial charge in [-0.3, -0.25) is 0 Å². The molecule has 1 heterocycles. The van der Waals surface area contributed by atoms with Crippen LogP contribution in [0.4, 0.5) is 8.78 Å². The van der Waals surface area contributed by atoms with Crippen molar-refractivity contribution >= 4 is 0 Å². The number of nitrogens with one attached hydrogen (secondary N) is 1. The molecule has 0 aromatic rings. The van der Waals surface area contributed by atoms with Crippen molar-refractivity contribution in [3.8, 4) is 0 Å². The fourth-order valence-electron chi connectivity index (χ4n) is 1.58. The summed E-state index contributed by atoms with van der Waals surface area (Å²) in [6.07, 6.45) is -0.883. The lowest BCUT2D eigenvalue weighted by Crippen LogP contribution is -2.52. The summed E-state index contributed by atoms with van der Waals surface area (Å²) in [5.74, 6) is -3.82. The molecule has 1 aliphatic rings. The first-order valence-corrected chi connectivity index (χ1v) is 4.19. The molecule has 1 rings (SSSR count). The molecule has 3 atom stereocenters. The molecular formula is C8H15F2NO. The van der Waals surface area contributed by atoms with Crippen molar-refractivity contribution < 1.29 is 13.9 Å². The first-order chi connectivity index (χ1) is 5.43. The van der Waals surface area contributed by atoms with Gasteiger partial charge in [-0.05, 0) is 12.8 Å². The zero-order valence-corrected chi connectivity index (χ0v) is 7.35. The lowest BCUT2D eigenvalue weighted by Gasteiger charge is -2.36. The van der Waals surface area contributed by atoms with Gasteiger partial charge in [-0.15, -0.1) is 0 Å². The minimum atomic E-state index is -2.79. The maximum Gasteiger partial charge on any atom is 0.251 e. The smallest absolute Gasteiger partial charge is 0.251 e. The number of rotatable bonds is 1. The van der Waals surface area contributed by atoms with E-state index in [1.807, 2.05) is 0 Å². The van der Waals surface area contributed by atoms with E-state index in [-0.39, 0.29) is 12.5 Å². The third-order valence-corrected chi connectivity index (χ3v) is 2.48.